The molecule has 0 spiro atoms. The standard InChI is InChI=1S/C29H30F3N7O4/c30-29(31,32)26-24(17-35-36-27(26)40)39-8-7-21(18-39)19-42-13-14-43-23-4-2-22(3-5-23)28(41)38-11-9-37(10-12-38)25-6-1-20(15-33)16-34-25/h1-6,16-17,21H,7-14,18-19H2,(H,36,40). The number of alkyl halides is 3. The number of rotatable bonds is 9. The van der Waals surface area contributed by atoms with Crippen molar-refractivity contribution in [3.8, 4) is 11.8 Å². The topological polar surface area (TPSA) is 128 Å². The van der Waals surface area contributed by atoms with Gasteiger partial charge in [-0.15, -0.1) is 0 Å². The first-order valence-electron chi connectivity index (χ1n) is 13.8. The highest BCUT2D eigenvalue weighted by atomic mass is 19.4. The van der Waals surface area contributed by atoms with Crippen LogP contribution in [0, 0.1) is 17.2 Å². The molecule has 1 aromatic carbocycles. The zero-order chi connectivity index (χ0) is 30.4. The van der Waals surface area contributed by atoms with Crippen LogP contribution in [0.2, 0.25) is 0 Å². The number of benzene rings is 1. The van der Waals surface area contributed by atoms with E-state index in [1.54, 1.807) is 41.4 Å². The molecule has 2 saturated heterocycles. The van der Waals surface area contributed by atoms with E-state index >= 15 is 0 Å². The highest BCUT2D eigenvalue weighted by Crippen LogP contribution is 2.35. The summed E-state index contributed by atoms with van der Waals surface area (Å²) in [6.07, 6.45) is -1.57. The number of piperazine rings is 1. The highest BCUT2D eigenvalue weighted by molar-refractivity contribution is 5.94. The van der Waals surface area contributed by atoms with Crippen molar-refractivity contribution in [2.24, 2.45) is 5.92 Å². The molecule has 226 valence electrons. The maximum atomic E-state index is 13.4. The lowest BCUT2D eigenvalue weighted by Gasteiger charge is -2.35. The van der Waals surface area contributed by atoms with E-state index in [0.29, 0.717) is 69.2 Å². The number of aromatic amines is 1. The average molecular weight is 598 g/mol. The van der Waals surface area contributed by atoms with Crippen molar-refractivity contribution in [2.45, 2.75) is 12.6 Å². The van der Waals surface area contributed by atoms with Gasteiger partial charge in [0.15, 0.2) is 0 Å². The summed E-state index contributed by atoms with van der Waals surface area (Å²) < 4.78 is 51.5. The van der Waals surface area contributed by atoms with Crippen molar-refractivity contribution in [1.29, 1.82) is 5.26 Å². The molecule has 43 heavy (non-hydrogen) atoms. The normalized spacial score (nSPS) is 17.2. The number of pyridine rings is 1. The number of anilines is 2. The first-order chi connectivity index (χ1) is 20.7. The maximum Gasteiger partial charge on any atom is 0.423 e. The SMILES string of the molecule is N#Cc1ccc(N2CCN(C(=O)c3ccc(OCCOCC4CCN(c5cn[nH]c(=O)c5C(F)(F)F)C4)cc3)CC2)nc1. The molecule has 0 aliphatic carbocycles. The largest absolute Gasteiger partial charge is 0.491 e. The first-order valence-corrected chi connectivity index (χ1v) is 13.8. The van der Waals surface area contributed by atoms with E-state index in [9.17, 15) is 22.8 Å². The molecule has 4 heterocycles. The fourth-order valence-corrected chi connectivity index (χ4v) is 5.21. The third kappa shape index (κ3) is 7.23. The van der Waals surface area contributed by atoms with Crippen LogP contribution in [0.1, 0.15) is 27.9 Å². The molecule has 11 nitrogen and oxygen atoms in total. The first kappa shape index (κ1) is 29.8. The molecular formula is C29H30F3N7O4. The third-order valence-electron chi connectivity index (χ3n) is 7.47. The minimum atomic E-state index is -4.77. The van der Waals surface area contributed by atoms with E-state index in [1.807, 2.05) is 11.2 Å². The highest BCUT2D eigenvalue weighted by Gasteiger charge is 2.40. The number of hydrogen-bond donors (Lipinski definition) is 1. The van der Waals surface area contributed by atoms with Crippen LogP contribution in [0.3, 0.4) is 0 Å². The predicted molar refractivity (Wildman–Crippen MR) is 150 cm³/mol. The fraction of sp³-hybridized carbons (Fsp3) is 0.414. The summed E-state index contributed by atoms with van der Waals surface area (Å²) >= 11 is 0. The summed E-state index contributed by atoms with van der Waals surface area (Å²) in [5, 5.41) is 14.3. The number of aromatic nitrogens is 3. The second-order valence-electron chi connectivity index (χ2n) is 10.3. The molecule has 1 amide bonds. The van der Waals surface area contributed by atoms with Crippen molar-refractivity contribution >= 4 is 17.4 Å². The maximum absolute atomic E-state index is 13.4. The van der Waals surface area contributed by atoms with Gasteiger partial charge in [-0.25, -0.2) is 10.1 Å². The van der Waals surface area contributed by atoms with Gasteiger partial charge in [-0.3, -0.25) is 9.59 Å². The number of carbonyl (C=O) groups is 1. The number of hydrogen-bond acceptors (Lipinski definition) is 9. The van der Waals surface area contributed by atoms with Crippen molar-refractivity contribution in [3.63, 3.8) is 0 Å². The smallest absolute Gasteiger partial charge is 0.423 e. The van der Waals surface area contributed by atoms with E-state index < -0.39 is 17.3 Å². The van der Waals surface area contributed by atoms with Crippen molar-refractivity contribution in [1.82, 2.24) is 20.1 Å². The van der Waals surface area contributed by atoms with Gasteiger partial charge in [0.1, 0.15) is 29.8 Å². The molecule has 2 aromatic heterocycles. The van der Waals surface area contributed by atoms with E-state index in [2.05, 4.69) is 21.1 Å². The summed E-state index contributed by atoms with van der Waals surface area (Å²) in [6.45, 7) is 3.99. The number of amides is 1. The number of carbonyl (C=O) groups excluding carboxylic acids is 1. The number of nitrogens with zero attached hydrogens (tertiary/aromatic N) is 6. The Morgan fingerprint density at radius 2 is 1.79 bits per heavy atom. The van der Waals surface area contributed by atoms with Crippen LogP contribution >= 0.6 is 0 Å². The molecule has 3 aromatic rings. The minimum absolute atomic E-state index is 0.00732. The van der Waals surface area contributed by atoms with E-state index in [1.165, 1.54) is 4.90 Å². The van der Waals surface area contributed by atoms with Crippen LogP contribution in [0.5, 0.6) is 5.75 Å². The molecule has 2 aliphatic rings. The Morgan fingerprint density at radius 3 is 2.47 bits per heavy atom. The number of ether oxygens (including phenoxy) is 2. The average Bonchev–Trinajstić information content (AvgIpc) is 3.49. The van der Waals surface area contributed by atoms with Crippen LogP contribution in [0.25, 0.3) is 0 Å². The monoisotopic (exact) mass is 597 g/mol. The summed E-state index contributed by atoms with van der Waals surface area (Å²) in [5.41, 5.74) is -1.64. The Balaban J connectivity index is 1.02. The molecule has 1 N–H and O–H groups in total. The number of halogens is 3. The van der Waals surface area contributed by atoms with Gasteiger partial charge in [0, 0.05) is 56.9 Å². The van der Waals surface area contributed by atoms with E-state index in [4.69, 9.17) is 14.7 Å². The predicted octanol–water partition coefficient (Wildman–Crippen LogP) is 2.94. The Bertz CT molecular complexity index is 1500. The Labute approximate surface area is 245 Å². The summed E-state index contributed by atoms with van der Waals surface area (Å²) in [6, 6.07) is 12.5. The summed E-state index contributed by atoms with van der Waals surface area (Å²) in [5.74, 6) is 1.31. The summed E-state index contributed by atoms with van der Waals surface area (Å²) in [4.78, 5) is 34.4. The summed E-state index contributed by atoms with van der Waals surface area (Å²) in [7, 11) is 0. The molecule has 5 rings (SSSR count). The lowest BCUT2D eigenvalue weighted by Crippen LogP contribution is -2.49. The van der Waals surface area contributed by atoms with Crippen LogP contribution < -0.4 is 20.1 Å². The molecule has 0 saturated carbocycles. The van der Waals surface area contributed by atoms with E-state index in [-0.39, 0.29) is 30.7 Å². The van der Waals surface area contributed by atoms with Crippen molar-refractivity contribution in [2.75, 3.05) is 68.9 Å². The van der Waals surface area contributed by atoms with Gasteiger partial charge in [-0.05, 0) is 42.8 Å². The lowest BCUT2D eigenvalue weighted by atomic mass is 10.1. The van der Waals surface area contributed by atoms with Gasteiger partial charge >= 0.3 is 6.18 Å². The molecule has 1 unspecified atom stereocenters. The van der Waals surface area contributed by atoms with E-state index in [0.717, 1.165) is 12.0 Å². The van der Waals surface area contributed by atoms with Gasteiger partial charge in [-0.1, -0.05) is 0 Å². The van der Waals surface area contributed by atoms with Crippen LogP contribution in [0.15, 0.2) is 53.6 Å². The second kappa shape index (κ2) is 13.1. The quantitative estimate of drug-likeness (QED) is 0.371. The van der Waals surface area contributed by atoms with Crippen molar-refractivity contribution < 1.29 is 27.4 Å². The number of nitriles is 1. The number of H-pyrrole nitrogens is 1. The third-order valence-corrected chi connectivity index (χ3v) is 7.47. The van der Waals surface area contributed by atoms with Gasteiger partial charge in [-0.2, -0.15) is 23.5 Å². The van der Waals surface area contributed by atoms with Gasteiger partial charge in [0.05, 0.1) is 30.7 Å². The van der Waals surface area contributed by atoms with Crippen LogP contribution in [-0.4, -0.2) is 85.1 Å². The zero-order valence-electron chi connectivity index (χ0n) is 23.2. The van der Waals surface area contributed by atoms with Gasteiger partial charge in [0.25, 0.3) is 11.5 Å². The molecule has 1 atom stereocenters. The Hall–Kier alpha value is -4.64. The molecule has 14 heteroatoms. The van der Waals surface area contributed by atoms with Crippen LogP contribution in [-0.2, 0) is 10.9 Å². The minimum Gasteiger partial charge on any atom is -0.491 e. The Kier molecular flexibility index (Phi) is 9.10. The molecular weight excluding hydrogens is 567 g/mol. The molecule has 0 bridgehead atoms. The second-order valence-corrected chi connectivity index (χ2v) is 10.3. The molecule has 2 aliphatic heterocycles. The Morgan fingerprint density at radius 1 is 1.02 bits per heavy atom. The van der Waals surface area contributed by atoms with Crippen molar-refractivity contribution in [3.05, 3.63) is 75.8 Å². The molecule has 0 radical (unpaired) electrons. The van der Waals surface area contributed by atoms with Gasteiger partial charge in [0.2, 0.25) is 0 Å². The number of nitrogens with one attached hydrogen (secondary N) is 1. The fourth-order valence-electron chi connectivity index (χ4n) is 5.21. The van der Waals surface area contributed by atoms with Crippen LogP contribution in [0.4, 0.5) is 24.7 Å². The lowest BCUT2D eigenvalue weighted by molar-refractivity contribution is -0.138. The zero-order valence-corrected chi connectivity index (χ0v) is 23.2. The van der Waals surface area contributed by atoms with Gasteiger partial charge < -0.3 is 24.2 Å². The molecule has 2 fully saturated rings.